The molecule has 4 aromatic rings. The number of carbonyl (C=O) groups is 2. The van der Waals surface area contributed by atoms with Crippen LogP contribution >= 0.6 is 11.3 Å². The molecule has 0 aliphatic carbocycles. The van der Waals surface area contributed by atoms with Crippen LogP contribution in [0.1, 0.15) is 28.9 Å². The van der Waals surface area contributed by atoms with Crippen LogP contribution < -0.4 is 14.8 Å². The Hall–Kier alpha value is -4.12. The average Bonchev–Trinajstić information content (AvgIpc) is 3.63. The smallest absolute Gasteiger partial charge is 0.350 e. The number of hydrogen-bond donors (Lipinski definition) is 1. The van der Waals surface area contributed by atoms with Crippen LogP contribution in [0.25, 0.3) is 22.0 Å². The van der Waals surface area contributed by atoms with Crippen molar-refractivity contribution in [2.75, 3.05) is 26.1 Å². The Morgan fingerprint density at radius 1 is 1.11 bits per heavy atom. The summed E-state index contributed by atoms with van der Waals surface area (Å²) < 4.78 is 26.3. The van der Waals surface area contributed by atoms with Crippen LogP contribution in [0.2, 0.25) is 0 Å². The van der Waals surface area contributed by atoms with E-state index >= 15 is 0 Å². The van der Waals surface area contributed by atoms with Gasteiger partial charge in [0.2, 0.25) is 17.6 Å². The van der Waals surface area contributed by atoms with Crippen molar-refractivity contribution in [1.82, 2.24) is 10.1 Å². The third-order valence-corrected chi connectivity index (χ3v) is 6.07. The summed E-state index contributed by atoms with van der Waals surface area (Å²) in [5.74, 6) is 1.40. The van der Waals surface area contributed by atoms with Crippen molar-refractivity contribution < 1.29 is 32.7 Å². The molecule has 0 aliphatic heterocycles. The van der Waals surface area contributed by atoms with Gasteiger partial charge in [-0.3, -0.25) is 4.79 Å². The summed E-state index contributed by atoms with van der Waals surface area (Å²) in [7, 11) is 3.11. The first-order chi connectivity index (χ1) is 17.0. The zero-order valence-electron chi connectivity index (χ0n) is 19.3. The molecular weight excluding hydrogens is 474 g/mol. The predicted molar refractivity (Wildman–Crippen MR) is 128 cm³/mol. The monoisotopic (exact) mass is 497 g/mol. The van der Waals surface area contributed by atoms with Crippen LogP contribution in [0.3, 0.4) is 0 Å². The Labute approximate surface area is 204 Å². The molecule has 0 saturated heterocycles. The van der Waals surface area contributed by atoms with Crippen molar-refractivity contribution in [2.24, 2.45) is 0 Å². The minimum atomic E-state index is -0.514. The van der Waals surface area contributed by atoms with E-state index in [1.807, 2.05) is 6.07 Å². The van der Waals surface area contributed by atoms with Gasteiger partial charge < -0.3 is 28.5 Å². The van der Waals surface area contributed by atoms with E-state index in [-0.39, 0.29) is 25.4 Å². The van der Waals surface area contributed by atoms with E-state index in [1.54, 1.807) is 51.5 Å². The van der Waals surface area contributed by atoms with Gasteiger partial charge in [-0.25, -0.2) is 4.79 Å². The molecule has 0 aliphatic rings. The number of aryl methyl sites for hydroxylation is 1. The molecule has 0 radical (unpaired) electrons. The maximum absolute atomic E-state index is 12.7. The molecule has 3 aromatic heterocycles. The number of anilines is 1. The van der Waals surface area contributed by atoms with Crippen LogP contribution in [0, 0.1) is 0 Å². The molecule has 1 amide bonds. The van der Waals surface area contributed by atoms with Crippen molar-refractivity contribution >= 4 is 28.9 Å². The highest BCUT2D eigenvalue weighted by molar-refractivity contribution is 7.18. The highest BCUT2D eigenvalue weighted by Gasteiger charge is 2.21. The maximum atomic E-state index is 12.7. The lowest BCUT2D eigenvalue weighted by Gasteiger charge is -2.08. The number of nitrogens with zero attached hydrogens (tertiary/aromatic N) is 2. The summed E-state index contributed by atoms with van der Waals surface area (Å²) in [5.41, 5.74) is 1.17. The van der Waals surface area contributed by atoms with Gasteiger partial charge in [0.15, 0.2) is 17.3 Å². The van der Waals surface area contributed by atoms with Gasteiger partial charge in [0.25, 0.3) is 0 Å². The molecule has 1 aromatic carbocycles. The molecular formula is C24H23N3O7S. The lowest BCUT2D eigenvalue weighted by Crippen LogP contribution is -2.14. The molecule has 0 fully saturated rings. The fourth-order valence-electron chi connectivity index (χ4n) is 3.26. The van der Waals surface area contributed by atoms with E-state index < -0.39 is 5.97 Å². The van der Waals surface area contributed by atoms with E-state index in [0.29, 0.717) is 39.5 Å². The fraction of sp³-hybridized carbons (Fsp3) is 0.250. The zero-order chi connectivity index (χ0) is 24.8. The van der Waals surface area contributed by atoms with Gasteiger partial charge in [0, 0.05) is 17.7 Å². The van der Waals surface area contributed by atoms with E-state index in [0.717, 1.165) is 10.4 Å². The summed E-state index contributed by atoms with van der Waals surface area (Å²) in [5, 5.41) is 6.65. The summed E-state index contributed by atoms with van der Waals surface area (Å²) in [6.07, 6.45) is 1.81. The van der Waals surface area contributed by atoms with Crippen molar-refractivity contribution in [3.8, 4) is 33.5 Å². The number of thiophene rings is 1. The fourth-order valence-corrected chi connectivity index (χ4v) is 4.26. The van der Waals surface area contributed by atoms with Crippen molar-refractivity contribution in [3.63, 3.8) is 0 Å². The van der Waals surface area contributed by atoms with Crippen molar-refractivity contribution in [1.29, 1.82) is 0 Å². The quantitative estimate of drug-likeness (QED) is 0.307. The van der Waals surface area contributed by atoms with Crippen LogP contribution in [0.4, 0.5) is 5.69 Å². The summed E-state index contributed by atoms with van der Waals surface area (Å²) in [6, 6.07) is 10.6. The molecule has 0 unspecified atom stereocenters. The second kappa shape index (κ2) is 10.9. The molecule has 10 nitrogen and oxygen atoms in total. The second-order valence-electron chi connectivity index (χ2n) is 7.18. The molecule has 1 N–H and O–H groups in total. The van der Waals surface area contributed by atoms with E-state index in [1.165, 1.54) is 17.6 Å². The lowest BCUT2D eigenvalue weighted by molar-refractivity contribution is -0.116. The number of aromatic nitrogens is 2. The topological polar surface area (TPSA) is 126 Å². The average molecular weight is 498 g/mol. The molecule has 0 atom stereocenters. The first-order valence-electron chi connectivity index (χ1n) is 10.7. The Morgan fingerprint density at radius 3 is 2.66 bits per heavy atom. The molecule has 4 rings (SSSR count). The SMILES string of the molecule is CCOC(=O)c1sc(-c2ccc(OC)c(OC)c2)cc1NC(=O)CCc1nc(-c2ccco2)no1. The second-order valence-corrected chi connectivity index (χ2v) is 8.23. The summed E-state index contributed by atoms with van der Waals surface area (Å²) >= 11 is 1.21. The number of benzene rings is 1. The van der Waals surface area contributed by atoms with Crippen molar-refractivity contribution in [2.45, 2.75) is 19.8 Å². The molecule has 3 heterocycles. The largest absolute Gasteiger partial charge is 0.493 e. The Balaban J connectivity index is 1.50. The number of carbonyl (C=O) groups excluding carboxylic acids is 2. The molecule has 0 spiro atoms. The molecule has 182 valence electrons. The number of nitrogens with one attached hydrogen (secondary N) is 1. The lowest BCUT2D eigenvalue weighted by atomic mass is 10.1. The third-order valence-electron chi connectivity index (χ3n) is 4.91. The summed E-state index contributed by atoms with van der Waals surface area (Å²) in [4.78, 5) is 30.5. The molecule has 0 saturated carbocycles. The third kappa shape index (κ3) is 5.52. The summed E-state index contributed by atoms with van der Waals surface area (Å²) in [6.45, 7) is 1.94. The zero-order valence-corrected chi connectivity index (χ0v) is 20.1. The number of furan rings is 1. The van der Waals surface area contributed by atoms with Gasteiger partial charge >= 0.3 is 5.97 Å². The van der Waals surface area contributed by atoms with E-state index in [2.05, 4.69) is 15.5 Å². The number of ether oxygens (including phenoxy) is 3. The first-order valence-corrected chi connectivity index (χ1v) is 11.5. The van der Waals surface area contributed by atoms with Gasteiger partial charge in [0.1, 0.15) is 4.88 Å². The molecule has 11 heteroatoms. The Bertz CT molecular complexity index is 1310. The van der Waals surface area contributed by atoms with Gasteiger partial charge in [-0.05, 0) is 48.9 Å². The number of esters is 1. The highest BCUT2D eigenvalue weighted by Crippen LogP contribution is 2.39. The number of hydrogen-bond acceptors (Lipinski definition) is 10. The van der Waals surface area contributed by atoms with Gasteiger partial charge in [-0.2, -0.15) is 4.98 Å². The Kier molecular flexibility index (Phi) is 7.46. The minimum Gasteiger partial charge on any atom is -0.493 e. The van der Waals surface area contributed by atoms with Crippen molar-refractivity contribution in [3.05, 3.63) is 53.4 Å². The van der Waals surface area contributed by atoms with Crippen LogP contribution in [0.5, 0.6) is 11.5 Å². The molecule has 35 heavy (non-hydrogen) atoms. The first kappa shape index (κ1) is 24.0. The van der Waals surface area contributed by atoms with E-state index in [4.69, 9.17) is 23.2 Å². The van der Waals surface area contributed by atoms with Crippen LogP contribution in [-0.2, 0) is 16.0 Å². The van der Waals surface area contributed by atoms with Crippen LogP contribution in [-0.4, -0.2) is 42.8 Å². The highest BCUT2D eigenvalue weighted by atomic mass is 32.1. The minimum absolute atomic E-state index is 0.0730. The number of amides is 1. The standard InChI is InChI=1S/C24H23N3O7S/c1-4-32-24(29)22-15(13-19(35-22)14-7-8-16(30-2)18(12-14)31-3)25-20(28)9-10-21-26-23(27-34-21)17-6-5-11-33-17/h5-8,11-13H,4,9-10H2,1-3H3,(H,25,28). The van der Waals surface area contributed by atoms with Gasteiger partial charge in [-0.1, -0.05) is 5.16 Å². The molecule has 0 bridgehead atoms. The van der Waals surface area contributed by atoms with Gasteiger partial charge in [-0.15, -0.1) is 11.3 Å². The van der Waals surface area contributed by atoms with Crippen LogP contribution in [0.15, 0.2) is 51.6 Å². The maximum Gasteiger partial charge on any atom is 0.350 e. The number of methoxy groups -OCH3 is 2. The Morgan fingerprint density at radius 2 is 1.94 bits per heavy atom. The van der Waals surface area contributed by atoms with Gasteiger partial charge in [0.05, 0.1) is 32.8 Å². The van der Waals surface area contributed by atoms with E-state index in [9.17, 15) is 9.59 Å². The predicted octanol–water partition coefficient (Wildman–Crippen LogP) is 4.82. The number of rotatable bonds is 10. The normalized spacial score (nSPS) is 10.7.